The molecule has 2 nitrogen and oxygen atoms in total. The largest absolute Gasteiger partial charge is 0.477 e. The molecule has 0 atom stereocenters. The zero-order valence-electron chi connectivity index (χ0n) is 8.72. The number of thioether (sulfide) groups is 1. The van der Waals surface area contributed by atoms with Crippen molar-refractivity contribution >= 4 is 51.7 Å². The minimum absolute atomic E-state index is 0.398. The first-order valence-electron chi connectivity index (χ1n) is 4.84. The second kappa shape index (κ2) is 5.88. The smallest absolute Gasteiger partial charge is 0.345 e. The maximum atomic E-state index is 10.7. The lowest BCUT2D eigenvalue weighted by atomic mass is 10.2. The molecule has 2 rings (SSSR count). The van der Waals surface area contributed by atoms with Gasteiger partial charge in [0.15, 0.2) is 0 Å². The maximum absolute atomic E-state index is 10.7. The molecule has 1 aromatic carbocycles. The summed E-state index contributed by atoms with van der Waals surface area (Å²) in [6.07, 6.45) is 0. The Morgan fingerprint density at radius 1 is 1.35 bits per heavy atom. The van der Waals surface area contributed by atoms with Crippen molar-refractivity contribution in [3.63, 3.8) is 0 Å². The van der Waals surface area contributed by atoms with Gasteiger partial charge in [0.2, 0.25) is 0 Å². The number of rotatable bonds is 4. The van der Waals surface area contributed by atoms with E-state index in [2.05, 4.69) is 46.9 Å². The van der Waals surface area contributed by atoms with Gasteiger partial charge in [0, 0.05) is 19.6 Å². The van der Waals surface area contributed by atoms with Crippen LogP contribution < -0.4 is 0 Å². The van der Waals surface area contributed by atoms with Crippen molar-refractivity contribution in [2.45, 2.75) is 10.6 Å². The molecular weight excluding hydrogens is 367 g/mol. The van der Waals surface area contributed by atoms with Crippen molar-refractivity contribution in [3.05, 3.63) is 49.7 Å². The highest BCUT2D eigenvalue weighted by atomic mass is 127. The average Bonchev–Trinajstić information content (AvgIpc) is 2.77. The molecule has 0 saturated heterocycles. The predicted octanol–water partition coefficient (Wildman–Crippen LogP) is 4.34. The van der Waals surface area contributed by atoms with Gasteiger partial charge in [0.25, 0.3) is 0 Å². The van der Waals surface area contributed by atoms with Crippen LogP contribution in [0.15, 0.2) is 40.6 Å². The lowest BCUT2D eigenvalue weighted by Crippen LogP contribution is -1.89. The number of aromatic carboxylic acids is 1. The third-order valence-electron chi connectivity index (χ3n) is 2.10. The first kappa shape index (κ1) is 12.9. The zero-order valence-corrected chi connectivity index (χ0v) is 12.5. The molecule has 0 fully saturated rings. The van der Waals surface area contributed by atoms with Gasteiger partial charge in [-0.15, -0.1) is 23.1 Å². The fraction of sp³-hybridized carbons (Fsp3) is 0.0833. The predicted molar refractivity (Wildman–Crippen MR) is 80.0 cm³/mol. The lowest BCUT2D eigenvalue weighted by molar-refractivity contribution is 0.0702. The molecule has 1 N–H and O–H groups in total. The van der Waals surface area contributed by atoms with E-state index in [9.17, 15) is 4.79 Å². The number of hydrogen-bond donors (Lipinski definition) is 1. The van der Waals surface area contributed by atoms with E-state index in [1.807, 2.05) is 5.38 Å². The monoisotopic (exact) mass is 376 g/mol. The number of thiophene rings is 1. The minimum Gasteiger partial charge on any atom is -0.477 e. The molecule has 0 unspecified atom stereocenters. The number of benzene rings is 1. The summed E-state index contributed by atoms with van der Waals surface area (Å²) < 4.78 is 1.22. The van der Waals surface area contributed by atoms with Crippen LogP contribution in [0.4, 0.5) is 0 Å². The topological polar surface area (TPSA) is 37.3 Å². The molecule has 0 radical (unpaired) electrons. The van der Waals surface area contributed by atoms with Crippen LogP contribution in [0.1, 0.15) is 15.2 Å². The quantitative estimate of drug-likeness (QED) is 0.637. The van der Waals surface area contributed by atoms with Gasteiger partial charge in [0.1, 0.15) is 4.88 Å². The van der Waals surface area contributed by atoms with E-state index in [-0.39, 0.29) is 0 Å². The molecule has 0 bridgehead atoms. The Kier molecular flexibility index (Phi) is 4.47. The van der Waals surface area contributed by atoms with Gasteiger partial charge >= 0.3 is 5.97 Å². The average molecular weight is 376 g/mol. The zero-order chi connectivity index (χ0) is 12.3. The summed E-state index contributed by atoms with van der Waals surface area (Å²) in [5, 5.41) is 10.7. The molecule has 0 aliphatic carbocycles. The normalized spacial score (nSPS) is 10.4. The van der Waals surface area contributed by atoms with Crippen LogP contribution in [-0.4, -0.2) is 11.1 Å². The Hall–Kier alpha value is -0.530. The van der Waals surface area contributed by atoms with Gasteiger partial charge in [-0.05, 0) is 46.4 Å². The van der Waals surface area contributed by atoms with Crippen LogP contribution in [0.2, 0.25) is 0 Å². The van der Waals surface area contributed by atoms with Crippen molar-refractivity contribution in [2.75, 3.05) is 0 Å². The van der Waals surface area contributed by atoms with Gasteiger partial charge in [-0.25, -0.2) is 4.79 Å². The first-order valence-corrected chi connectivity index (χ1v) is 7.78. The summed E-state index contributed by atoms with van der Waals surface area (Å²) >= 11 is 5.21. The van der Waals surface area contributed by atoms with Crippen molar-refractivity contribution in [1.82, 2.24) is 0 Å². The fourth-order valence-corrected chi connectivity index (χ4v) is 3.44. The number of hydrogen-bond acceptors (Lipinski definition) is 3. The molecule has 0 amide bonds. The van der Waals surface area contributed by atoms with E-state index < -0.39 is 5.97 Å². The van der Waals surface area contributed by atoms with E-state index in [1.165, 1.54) is 20.5 Å². The molecule has 0 saturated carbocycles. The summed E-state index contributed by atoms with van der Waals surface area (Å²) in [6, 6.07) is 10.1. The van der Waals surface area contributed by atoms with Crippen molar-refractivity contribution in [1.29, 1.82) is 0 Å². The van der Waals surface area contributed by atoms with Crippen molar-refractivity contribution in [2.24, 2.45) is 0 Å². The fourth-order valence-electron chi connectivity index (χ4n) is 1.25. The second-order valence-electron chi connectivity index (χ2n) is 3.37. The van der Waals surface area contributed by atoms with Crippen LogP contribution in [0.3, 0.4) is 0 Å². The van der Waals surface area contributed by atoms with Gasteiger partial charge in [-0.3, -0.25) is 0 Å². The summed E-state index contributed by atoms with van der Waals surface area (Å²) in [5.41, 5.74) is 1.25. The Morgan fingerprint density at radius 3 is 2.65 bits per heavy atom. The Bertz CT molecular complexity index is 520. The molecule has 1 aromatic heterocycles. The van der Waals surface area contributed by atoms with E-state index in [4.69, 9.17) is 5.11 Å². The maximum Gasteiger partial charge on any atom is 0.345 e. The third kappa shape index (κ3) is 3.72. The summed E-state index contributed by atoms with van der Waals surface area (Å²) in [7, 11) is 0. The van der Waals surface area contributed by atoms with Crippen molar-refractivity contribution in [3.8, 4) is 0 Å². The van der Waals surface area contributed by atoms with E-state index in [0.717, 1.165) is 10.6 Å². The lowest BCUT2D eigenvalue weighted by Gasteiger charge is -1.99. The summed E-state index contributed by atoms with van der Waals surface area (Å²) in [5.74, 6) is 0.0170. The minimum atomic E-state index is -0.851. The molecule has 17 heavy (non-hydrogen) atoms. The molecule has 1 heterocycles. The van der Waals surface area contributed by atoms with Crippen LogP contribution in [0, 0.1) is 3.57 Å². The van der Waals surface area contributed by atoms with E-state index in [0.29, 0.717) is 4.88 Å². The van der Waals surface area contributed by atoms with Gasteiger partial charge < -0.3 is 5.11 Å². The highest BCUT2D eigenvalue weighted by molar-refractivity contribution is 14.1. The van der Waals surface area contributed by atoms with E-state index in [1.54, 1.807) is 17.8 Å². The number of halogens is 1. The summed E-state index contributed by atoms with van der Waals surface area (Å²) in [4.78, 5) is 12.1. The highest BCUT2D eigenvalue weighted by Crippen LogP contribution is 2.27. The number of carboxylic acid groups (broad SMARTS) is 1. The molecule has 0 spiro atoms. The first-order chi connectivity index (χ1) is 8.15. The summed E-state index contributed by atoms with van der Waals surface area (Å²) in [6.45, 7) is 0. The Labute approximate surface area is 121 Å². The molecule has 5 heteroatoms. The van der Waals surface area contributed by atoms with Gasteiger partial charge in [-0.1, -0.05) is 12.1 Å². The highest BCUT2D eigenvalue weighted by Gasteiger charge is 2.07. The molecule has 0 aliphatic heterocycles. The van der Waals surface area contributed by atoms with Crippen LogP contribution in [-0.2, 0) is 5.75 Å². The number of carbonyl (C=O) groups is 1. The van der Waals surface area contributed by atoms with Crippen LogP contribution in [0.25, 0.3) is 0 Å². The molecule has 88 valence electrons. The molecular formula is C12H9IO2S2. The Morgan fingerprint density at radius 2 is 2.06 bits per heavy atom. The third-order valence-corrected chi connectivity index (χ3v) is 4.94. The van der Waals surface area contributed by atoms with Gasteiger partial charge in [0.05, 0.1) is 0 Å². The van der Waals surface area contributed by atoms with Crippen molar-refractivity contribution < 1.29 is 9.90 Å². The molecule has 2 aromatic rings. The number of carboxylic acids is 1. The second-order valence-corrected chi connectivity index (χ2v) is 6.57. The van der Waals surface area contributed by atoms with Crippen LogP contribution >= 0.6 is 45.7 Å². The van der Waals surface area contributed by atoms with Gasteiger partial charge in [-0.2, -0.15) is 0 Å². The van der Waals surface area contributed by atoms with E-state index >= 15 is 0 Å². The van der Waals surface area contributed by atoms with Crippen LogP contribution in [0.5, 0.6) is 0 Å². The SMILES string of the molecule is O=C(O)c1cc(SCc2ccc(I)cc2)cs1. The standard InChI is InChI=1S/C12H9IO2S2/c13-9-3-1-8(2-4-9)6-16-10-5-11(12(14)15)17-7-10/h1-5,7H,6H2,(H,14,15). The molecule has 0 aliphatic rings. The Balaban J connectivity index is 1.97.